The molecular formula is C25H23ClN4O2. The summed E-state index contributed by atoms with van der Waals surface area (Å²) in [6.07, 6.45) is 0. The van der Waals surface area contributed by atoms with Crippen LogP contribution < -0.4 is 10.6 Å². The lowest BCUT2D eigenvalue weighted by molar-refractivity contribution is -0.116. The van der Waals surface area contributed by atoms with Crippen LogP contribution in [-0.4, -0.2) is 21.4 Å². The second-order valence-corrected chi connectivity index (χ2v) is 8.10. The van der Waals surface area contributed by atoms with Gasteiger partial charge in [-0.05, 0) is 67.4 Å². The molecule has 0 atom stereocenters. The molecule has 0 spiro atoms. The Balaban J connectivity index is 1.54. The molecule has 4 aromatic rings. The number of amides is 2. The van der Waals surface area contributed by atoms with Gasteiger partial charge in [0.25, 0.3) is 5.91 Å². The van der Waals surface area contributed by atoms with Gasteiger partial charge in [-0.25, -0.2) is 4.98 Å². The van der Waals surface area contributed by atoms with E-state index in [4.69, 9.17) is 11.6 Å². The van der Waals surface area contributed by atoms with Crippen LogP contribution in [-0.2, 0) is 17.9 Å². The minimum Gasteiger partial charge on any atom is -0.345 e. The molecule has 2 N–H and O–H groups in total. The number of fused-ring (bicyclic) bond motifs is 1. The number of benzene rings is 3. The average Bonchev–Trinajstić information content (AvgIpc) is 3.12. The number of hydrogen-bond donors (Lipinski definition) is 2. The molecule has 3 aromatic carbocycles. The van der Waals surface area contributed by atoms with E-state index in [-0.39, 0.29) is 24.9 Å². The number of anilines is 1. The van der Waals surface area contributed by atoms with Crippen LogP contribution in [0.1, 0.15) is 27.3 Å². The first-order valence-electron chi connectivity index (χ1n) is 10.3. The number of aromatic nitrogens is 2. The SMILES string of the molecule is Cc1ccc(C)c(NC(=O)Cn2c(CNC(=O)c3ccc(Cl)cc3)nc3ccccc32)c1. The molecule has 7 heteroatoms. The fourth-order valence-corrected chi connectivity index (χ4v) is 3.63. The number of rotatable bonds is 6. The molecule has 4 rings (SSSR count). The number of imidazole rings is 1. The van der Waals surface area contributed by atoms with Crippen molar-refractivity contribution >= 4 is 40.1 Å². The maximum atomic E-state index is 12.9. The molecule has 0 aliphatic heterocycles. The lowest BCUT2D eigenvalue weighted by atomic mass is 10.1. The fraction of sp³-hybridized carbons (Fsp3) is 0.160. The van der Waals surface area contributed by atoms with Crippen LogP contribution in [0.5, 0.6) is 0 Å². The third-order valence-electron chi connectivity index (χ3n) is 5.22. The van der Waals surface area contributed by atoms with Gasteiger partial charge in [0.15, 0.2) is 0 Å². The van der Waals surface area contributed by atoms with E-state index in [2.05, 4.69) is 15.6 Å². The van der Waals surface area contributed by atoms with E-state index >= 15 is 0 Å². The average molecular weight is 447 g/mol. The lowest BCUT2D eigenvalue weighted by Gasteiger charge is -2.13. The van der Waals surface area contributed by atoms with E-state index < -0.39 is 0 Å². The first-order valence-corrected chi connectivity index (χ1v) is 10.6. The first kappa shape index (κ1) is 21.6. The number of nitrogens with one attached hydrogen (secondary N) is 2. The van der Waals surface area contributed by atoms with E-state index in [1.165, 1.54) is 0 Å². The Morgan fingerprint density at radius 2 is 1.75 bits per heavy atom. The van der Waals surface area contributed by atoms with Gasteiger partial charge in [0.2, 0.25) is 5.91 Å². The van der Waals surface area contributed by atoms with Crippen LogP contribution in [0, 0.1) is 13.8 Å². The highest BCUT2D eigenvalue weighted by molar-refractivity contribution is 6.30. The molecule has 32 heavy (non-hydrogen) atoms. The highest BCUT2D eigenvalue weighted by Crippen LogP contribution is 2.19. The second kappa shape index (κ2) is 9.24. The predicted octanol–water partition coefficient (Wildman–Crippen LogP) is 4.88. The quantitative estimate of drug-likeness (QED) is 0.443. The van der Waals surface area contributed by atoms with Crippen molar-refractivity contribution in [2.24, 2.45) is 0 Å². The summed E-state index contributed by atoms with van der Waals surface area (Å²) < 4.78 is 1.83. The zero-order valence-corrected chi connectivity index (χ0v) is 18.6. The van der Waals surface area contributed by atoms with E-state index in [1.807, 2.05) is 60.9 Å². The van der Waals surface area contributed by atoms with E-state index in [1.54, 1.807) is 24.3 Å². The molecule has 0 unspecified atom stereocenters. The largest absolute Gasteiger partial charge is 0.345 e. The van der Waals surface area contributed by atoms with Crippen molar-refractivity contribution in [1.29, 1.82) is 0 Å². The molecule has 0 bridgehead atoms. The van der Waals surface area contributed by atoms with Gasteiger partial charge in [-0.2, -0.15) is 0 Å². The molecule has 162 valence electrons. The summed E-state index contributed by atoms with van der Waals surface area (Å²) >= 11 is 5.90. The number of halogens is 1. The minimum absolute atomic E-state index is 0.0834. The van der Waals surface area contributed by atoms with Crippen LogP contribution in [0.25, 0.3) is 11.0 Å². The summed E-state index contributed by atoms with van der Waals surface area (Å²) in [5.41, 5.74) is 4.96. The van der Waals surface area contributed by atoms with Crippen molar-refractivity contribution in [3.63, 3.8) is 0 Å². The van der Waals surface area contributed by atoms with Gasteiger partial charge in [-0.15, -0.1) is 0 Å². The van der Waals surface area contributed by atoms with Crippen molar-refractivity contribution in [2.75, 3.05) is 5.32 Å². The van der Waals surface area contributed by atoms with Crippen LogP contribution in [0.2, 0.25) is 5.02 Å². The summed E-state index contributed by atoms with van der Waals surface area (Å²) in [6, 6.07) is 20.2. The zero-order valence-electron chi connectivity index (χ0n) is 17.9. The molecule has 0 saturated heterocycles. The van der Waals surface area contributed by atoms with Crippen molar-refractivity contribution in [3.05, 3.63) is 94.3 Å². The van der Waals surface area contributed by atoms with E-state index in [0.717, 1.165) is 27.8 Å². The minimum atomic E-state index is -0.236. The molecule has 6 nitrogen and oxygen atoms in total. The summed E-state index contributed by atoms with van der Waals surface area (Å²) in [5, 5.41) is 6.44. The van der Waals surface area contributed by atoms with Crippen LogP contribution in [0.3, 0.4) is 0 Å². The molecule has 0 fully saturated rings. The number of para-hydroxylation sites is 2. The van der Waals surface area contributed by atoms with Gasteiger partial charge in [0.1, 0.15) is 12.4 Å². The van der Waals surface area contributed by atoms with Crippen molar-refractivity contribution in [1.82, 2.24) is 14.9 Å². The normalized spacial score (nSPS) is 10.8. The number of carbonyl (C=O) groups excluding carboxylic acids is 2. The third-order valence-corrected chi connectivity index (χ3v) is 5.47. The number of nitrogens with zero attached hydrogens (tertiary/aromatic N) is 2. The molecule has 0 aliphatic carbocycles. The molecule has 2 amide bonds. The van der Waals surface area contributed by atoms with Crippen LogP contribution >= 0.6 is 11.6 Å². The van der Waals surface area contributed by atoms with Gasteiger partial charge in [0, 0.05) is 16.3 Å². The van der Waals surface area contributed by atoms with Gasteiger partial charge in [-0.1, -0.05) is 35.9 Å². The lowest BCUT2D eigenvalue weighted by Crippen LogP contribution is -2.26. The van der Waals surface area contributed by atoms with Gasteiger partial charge < -0.3 is 15.2 Å². The molecule has 0 aliphatic rings. The Kier molecular flexibility index (Phi) is 6.23. The van der Waals surface area contributed by atoms with Gasteiger partial charge in [0.05, 0.1) is 17.6 Å². The standard InChI is InChI=1S/C25H23ClN4O2/c1-16-7-8-17(2)21(13-16)29-24(31)15-30-22-6-4-3-5-20(22)28-23(30)14-27-25(32)18-9-11-19(26)12-10-18/h3-13H,14-15H2,1-2H3,(H,27,32)(H,29,31). The molecule has 1 heterocycles. The van der Waals surface area contributed by atoms with Crippen molar-refractivity contribution < 1.29 is 9.59 Å². The fourth-order valence-electron chi connectivity index (χ4n) is 3.50. The van der Waals surface area contributed by atoms with Crippen molar-refractivity contribution in [3.8, 4) is 0 Å². The smallest absolute Gasteiger partial charge is 0.251 e. The molecule has 0 radical (unpaired) electrons. The predicted molar refractivity (Wildman–Crippen MR) is 127 cm³/mol. The first-order chi connectivity index (χ1) is 15.4. The van der Waals surface area contributed by atoms with E-state index in [0.29, 0.717) is 16.4 Å². The summed E-state index contributed by atoms with van der Waals surface area (Å²) in [5.74, 6) is 0.205. The van der Waals surface area contributed by atoms with Crippen LogP contribution in [0.15, 0.2) is 66.7 Å². The Hall–Kier alpha value is -3.64. The van der Waals surface area contributed by atoms with Crippen LogP contribution in [0.4, 0.5) is 5.69 Å². The third kappa shape index (κ3) is 4.81. The van der Waals surface area contributed by atoms with Gasteiger partial charge in [-0.3, -0.25) is 9.59 Å². The van der Waals surface area contributed by atoms with E-state index in [9.17, 15) is 9.59 Å². The summed E-state index contributed by atoms with van der Waals surface area (Å²) in [6.45, 7) is 4.21. The Morgan fingerprint density at radius 1 is 1.00 bits per heavy atom. The maximum absolute atomic E-state index is 12.9. The highest BCUT2D eigenvalue weighted by Gasteiger charge is 2.15. The molecule has 1 aromatic heterocycles. The number of hydrogen-bond acceptors (Lipinski definition) is 3. The maximum Gasteiger partial charge on any atom is 0.251 e. The second-order valence-electron chi connectivity index (χ2n) is 7.66. The molecule has 0 saturated carbocycles. The summed E-state index contributed by atoms with van der Waals surface area (Å²) in [4.78, 5) is 30.0. The van der Waals surface area contributed by atoms with Crippen molar-refractivity contribution in [2.45, 2.75) is 26.9 Å². The molecular weight excluding hydrogens is 424 g/mol. The number of aryl methyl sites for hydroxylation is 2. The number of carbonyl (C=O) groups is 2. The topological polar surface area (TPSA) is 76.0 Å². The Morgan fingerprint density at radius 3 is 2.53 bits per heavy atom. The summed E-state index contributed by atoms with van der Waals surface area (Å²) in [7, 11) is 0. The Bertz CT molecular complexity index is 1300. The zero-order chi connectivity index (χ0) is 22.7. The Labute approximate surface area is 191 Å². The van der Waals surface area contributed by atoms with Gasteiger partial charge >= 0.3 is 0 Å². The highest BCUT2D eigenvalue weighted by atomic mass is 35.5. The monoisotopic (exact) mass is 446 g/mol.